The van der Waals surface area contributed by atoms with Gasteiger partial charge in [0.25, 0.3) is 10.0 Å². The third-order valence-corrected chi connectivity index (χ3v) is 10.1. The van der Waals surface area contributed by atoms with Crippen LogP contribution in [0.3, 0.4) is 0 Å². The topological polar surface area (TPSA) is 86.8 Å². The largest absolute Gasteiger partial charge is 0.354 e. The fourth-order valence-corrected chi connectivity index (χ4v) is 6.62. The first-order chi connectivity index (χ1) is 21.5. The Morgan fingerprint density at radius 2 is 1.49 bits per heavy atom. The Morgan fingerprint density at radius 3 is 2.11 bits per heavy atom. The summed E-state index contributed by atoms with van der Waals surface area (Å²) in [6.07, 6.45) is 1.01. The summed E-state index contributed by atoms with van der Waals surface area (Å²) in [5, 5.41) is 2.97. The van der Waals surface area contributed by atoms with Crippen molar-refractivity contribution in [3.8, 4) is 0 Å². The molecule has 0 saturated heterocycles. The highest BCUT2D eigenvalue weighted by atomic mass is 79.9. The lowest BCUT2D eigenvalue weighted by Crippen LogP contribution is -2.53. The summed E-state index contributed by atoms with van der Waals surface area (Å²) in [7, 11) is -4.15. The zero-order chi connectivity index (χ0) is 32.6. The Balaban J connectivity index is 1.81. The van der Waals surface area contributed by atoms with Crippen LogP contribution in [-0.2, 0) is 32.6 Å². The summed E-state index contributed by atoms with van der Waals surface area (Å²) in [5.74, 6) is -0.773. The molecule has 4 aromatic rings. The van der Waals surface area contributed by atoms with Crippen LogP contribution in [0.2, 0.25) is 0 Å². The number of hydrogen-bond acceptors (Lipinski definition) is 4. The van der Waals surface area contributed by atoms with Crippen LogP contribution in [0.1, 0.15) is 41.2 Å². The monoisotopic (exact) mass is 689 g/mol. The highest BCUT2D eigenvalue weighted by Crippen LogP contribution is 2.27. The van der Waals surface area contributed by atoms with E-state index in [1.165, 1.54) is 4.90 Å². The Kier molecular flexibility index (Phi) is 11.6. The molecule has 0 aliphatic heterocycles. The van der Waals surface area contributed by atoms with E-state index in [0.717, 1.165) is 43.0 Å². The highest BCUT2D eigenvalue weighted by molar-refractivity contribution is 9.10. The smallest absolute Gasteiger partial charge is 0.264 e. The summed E-state index contributed by atoms with van der Waals surface area (Å²) in [4.78, 5) is 29.9. The molecule has 9 heteroatoms. The number of rotatable bonds is 13. The van der Waals surface area contributed by atoms with E-state index in [4.69, 9.17) is 0 Å². The molecule has 0 aliphatic rings. The number of nitrogens with zero attached hydrogens (tertiary/aromatic N) is 2. The number of carbonyl (C=O) groups excluding carboxylic acids is 2. The van der Waals surface area contributed by atoms with Crippen LogP contribution in [0.5, 0.6) is 0 Å². The van der Waals surface area contributed by atoms with Gasteiger partial charge in [-0.05, 0) is 85.8 Å². The lowest BCUT2D eigenvalue weighted by molar-refractivity contribution is -0.140. The molecule has 0 saturated carbocycles. The van der Waals surface area contributed by atoms with Crippen molar-refractivity contribution in [3.05, 3.63) is 129 Å². The van der Waals surface area contributed by atoms with E-state index < -0.39 is 28.5 Å². The molecule has 0 spiro atoms. The van der Waals surface area contributed by atoms with Gasteiger partial charge in [0.05, 0.1) is 10.6 Å². The van der Waals surface area contributed by atoms with Crippen molar-refractivity contribution in [1.29, 1.82) is 0 Å². The molecule has 1 unspecified atom stereocenters. The molecule has 236 valence electrons. The second-order valence-corrected chi connectivity index (χ2v) is 14.0. The first kappa shape index (κ1) is 33.9. The zero-order valence-electron chi connectivity index (χ0n) is 26.2. The van der Waals surface area contributed by atoms with Crippen molar-refractivity contribution in [1.82, 2.24) is 10.2 Å². The third-order valence-electron chi connectivity index (χ3n) is 7.75. The van der Waals surface area contributed by atoms with Crippen molar-refractivity contribution in [3.63, 3.8) is 0 Å². The van der Waals surface area contributed by atoms with E-state index in [-0.39, 0.29) is 23.8 Å². The van der Waals surface area contributed by atoms with Crippen LogP contribution in [0, 0.1) is 20.8 Å². The van der Waals surface area contributed by atoms with Gasteiger partial charge < -0.3 is 10.2 Å². The van der Waals surface area contributed by atoms with Crippen molar-refractivity contribution in [2.75, 3.05) is 17.4 Å². The molecular weight excluding hydrogens is 650 g/mol. The van der Waals surface area contributed by atoms with Gasteiger partial charge in [0.15, 0.2) is 0 Å². The van der Waals surface area contributed by atoms with Gasteiger partial charge in [0.2, 0.25) is 11.8 Å². The molecule has 2 amide bonds. The van der Waals surface area contributed by atoms with E-state index in [1.807, 2.05) is 88.4 Å². The Labute approximate surface area is 275 Å². The molecular formula is C36H40BrN3O4S. The molecule has 7 nitrogen and oxygen atoms in total. The predicted molar refractivity (Wildman–Crippen MR) is 184 cm³/mol. The zero-order valence-corrected chi connectivity index (χ0v) is 28.6. The molecule has 0 aromatic heterocycles. The molecule has 1 N–H and O–H groups in total. The van der Waals surface area contributed by atoms with Crippen molar-refractivity contribution in [2.24, 2.45) is 0 Å². The lowest BCUT2D eigenvalue weighted by Gasteiger charge is -2.34. The number of amides is 2. The fourth-order valence-electron chi connectivity index (χ4n) is 4.95. The average molecular weight is 691 g/mol. The maximum absolute atomic E-state index is 14.5. The molecule has 0 heterocycles. The fraction of sp³-hybridized carbons (Fsp3) is 0.278. The van der Waals surface area contributed by atoms with Gasteiger partial charge >= 0.3 is 0 Å². The van der Waals surface area contributed by atoms with Crippen molar-refractivity contribution >= 4 is 43.5 Å². The summed E-state index contributed by atoms with van der Waals surface area (Å²) in [6.45, 7) is 7.81. The van der Waals surface area contributed by atoms with Crippen LogP contribution in [0.4, 0.5) is 5.69 Å². The molecule has 0 fully saturated rings. The van der Waals surface area contributed by atoms with Gasteiger partial charge in [0.1, 0.15) is 12.6 Å². The number of aryl methyl sites for hydroxylation is 3. The van der Waals surface area contributed by atoms with Crippen molar-refractivity contribution < 1.29 is 18.0 Å². The molecule has 1 atom stereocenters. The second-order valence-electron chi connectivity index (χ2n) is 11.2. The van der Waals surface area contributed by atoms with Crippen LogP contribution >= 0.6 is 15.9 Å². The van der Waals surface area contributed by atoms with Gasteiger partial charge in [-0.2, -0.15) is 0 Å². The molecule has 4 rings (SSSR count). The SMILES string of the molecule is CCCNC(=O)C(Cc1ccccc1)N(Cc1ccc(Br)cc1)C(=O)CN(c1ccc(C)c(C)c1)S(=O)(=O)c1ccc(C)cc1. The van der Waals surface area contributed by atoms with Gasteiger partial charge in [0, 0.05) is 24.0 Å². The molecule has 0 radical (unpaired) electrons. The lowest BCUT2D eigenvalue weighted by atomic mass is 10.0. The normalized spacial score (nSPS) is 11.9. The Morgan fingerprint density at radius 1 is 0.822 bits per heavy atom. The van der Waals surface area contributed by atoms with Gasteiger partial charge in [-0.1, -0.05) is 89.1 Å². The minimum atomic E-state index is -4.15. The average Bonchev–Trinajstić information content (AvgIpc) is 3.03. The Bertz CT molecular complexity index is 1710. The summed E-state index contributed by atoms with van der Waals surface area (Å²) in [5.41, 5.74) is 4.91. The van der Waals surface area contributed by atoms with Crippen LogP contribution < -0.4 is 9.62 Å². The maximum Gasteiger partial charge on any atom is 0.264 e. The van der Waals surface area contributed by atoms with Crippen LogP contribution in [0.15, 0.2) is 106 Å². The Hall–Kier alpha value is -3.95. The van der Waals surface area contributed by atoms with Gasteiger partial charge in [-0.15, -0.1) is 0 Å². The first-order valence-electron chi connectivity index (χ1n) is 15.0. The van der Waals surface area contributed by atoms with Crippen LogP contribution in [-0.4, -0.2) is 44.3 Å². The summed E-state index contributed by atoms with van der Waals surface area (Å²) < 4.78 is 30.4. The minimum Gasteiger partial charge on any atom is -0.354 e. The van der Waals surface area contributed by atoms with E-state index >= 15 is 0 Å². The van der Waals surface area contributed by atoms with Gasteiger partial charge in [-0.3, -0.25) is 13.9 Å². The van der Waals surface area contributed by atoms with E-state index in [2.05, 4.69) is 21.2 Å². The maximum atomic E-state index is 14.5. The van der Waals surface area contributed by atoms with Gasteiger partial charge in [-0.25, -0.2) is 8.42 Å². The number of anilines is 1. The van der Waals surface area contributed by atoms with E-state index in [1.54, 1.807) is 36.4 Å². The van der Waals surface area contributed by atoms with Crippen LogP contribution in [0.25, 0.3) is 0 Å². The molecule has 4 aromatic carbocycles. The summed E-state index contributed by atoms with van der Waals surface area (Å²) in [6, 6.07) is 28.1. The number of hydrogen-bond donors (Lipinski definition) is 1. The second kappa shape index (κ2) is 15.4. The number of benzene rings is 4. The molecule has 0 aliphatic carbocycles. The third kappa shape index (κ3) is 8.83. The number of sulfonamides is 1. The number of halogens is 1. The van der Waals surface area contributed by atoms with E-state index in [0.29, 0.717) is 12.2 Å². The van der Waals surface area contributed by atoms with Crippen molar-refractivity contribution in [2.45, 2.75) is 58.0 Å². The minimum absolute atomic E-state index is 0.0834. The number of nitrogens with one attached hydrogen (secondary N) is 1. The number of carbonyl (C=O) groups is 2. The highest BCUT2D eigenvalue weighted by Gasteiger charge is 2.34. The molecule has 45 heavy (non-hydrogen) atoms. The predicted octanol–water partition coefficient (Wildman–Crippen LogP) is 6.74. The summed E-state index contributed by atoms with van der Waals surface area (Å²) >= 11 is 3.47. The quantitative estimate of drug-likeness (QED) is 0.169. The first-order valence-corrected chi connectivity index (χ1v) is 17.2. The molecule has 0 bridgehead atoms. The standard InChI is InChI=1S/C36H40BrN3O4S/c1-5-21-38-36(42)34(23-29-9-7-6-8-10-29)39(24-30-14-16-31(37)17-15-30)35(41)25-40(32-18-13-27(3)28(4)22-32)45(43,44)33-19-11-26(2)12-20-33/h6-20,22,34H,5,21,23-25H2,1-4H3,(H,38,42). The van der Waals surface area contributed by atoms with E-state index in [9.17, 15) is 18.0 Å².